The van der Waals surface area contributed by atoms with E-state index in [4.69, 9.17) is 4.74 Å². The van der Waals surface area contributed by atoms with E-state index in [-0.39, 0.29) is 5.78 Å². The van der Waals surface area contributed by atoms with Crippen molar-refractivity contribution in [3.8, 4) is 5.75 Å². The molecular formula is C20H23NO2. The number of hydrogen-bond donors (Lipinski definition) is 1. The van der Waals surface area contributed by atoms with E-state index in [1.54, 1.807) is 18.3 Å². The second-order valence-electron chi connectivity index (χ2n) is 5.58. The molecule has 0 unspecified atom stereocenters. The molecule has 0 aliphatic carbocycles. The highest BCUT2D eigenvalue weighted by atomic mass is 16.5. The van der Waals surface area contributed by atoms with Crippen LogP contribution < -0.4 is 10.1 Å². The summed E-state index contributed by atoms with van der Waals surface area (Å²) in [5.74, 6) is 1.25. The van der Waals surface area contributed by atoms with Crippen LogP contribution in [0.1, 0.15) is 42.6 Å². The van der Waals surface area contributed by atoms with Gasteiger partial charge in [0.1, 0.15) is 5.75 Å². The summed E-state index contributed by atoms with van der Waals surface area (Å²) in [5, 5.41) is 3.12. The third-order valence-corrected chi connectivity index (χ3v) is 3.51. The van der Waals surface area contributed by atoms with Crippen molar-refractivity contribution in [3.63, 3.8) is 0 Å². The molecule has 0 aliphatic heterocycles. The molecule has 23 heavy (non-hydrogen) atoms. The zero-order valence-corrected chi connectivity index (χ0v) is 13.9. The molecule has 0 fully saturated rings. The van der Waals surface area contributed by atoms with E-state index in [0.29, 0.717) is 18.1 Å². The van der Waals surface area contributed by atoms with E-state index in [0.717, 1.165) is 11.4 Å². The van der Waals surface area contributed by atoms with Crippen LogP contribution in [-0.4, -0.2) is 12.4 Å². The standard InChI is InChI=1S/C20H23NO2/c1-4-23-19-11-7-17(8-12-19)20(22)13-14-21-18-9-5-16(6-10-18)15(2)3/h5-15,21H,4H2,1-3H3. The number of anilines is 1. The summed E-state index contributed by atoms with van der Waals surface area (Å²) in [5.41, 5.74) is 2.90. The maximum Gasteiger partial charge on any atom is 0.187 e. The molecule has 0 saturated heterocycles. The van der Waals surface area contributed by atoms with E-state index in [2.05, 4.69) is 31.3 Å². The average molecular weight is 309 g/mol. The van der Waals surface area contributed by atoms with Gasteiger partial charge in [0.15, 0.2) is 5.78 Å². The van der Waals surface area contributed by atoms with Crippen molar-refractivity contribution < 1.29 is 9.53 Å². The number of benzene rings is 2. The van der Waals surface area contributed by atoms with Gasteiger partial charge >= 0.3 is 0 Å². The second kappa shape index (κ2) is 8.18. The first-order valence-corrected chi connectivity index (χ1v) is 7.90. The smallest absolute Gasteiger partial charge is 0.187 e. The Kier molecular flexibility index (Phi) is 5.98. The minimum Gasteiger partial charge on any atom is -0.494 e. The molecule has 0 radical (unpaired) electrons. The van der Waals surface area contributed by atoms with Gasteiger partial charge in [-0.1, -0.05) is 26.0 Å². The van der Waals surface area contributed by atoms with Gasteiger partial charge in [0.2, 0.25) is 0 Å². The van der Waals surface area contributed by atoms with E-state index in [1.165, 1.54) is 11.6 Å². The number of allylic oxidation sites excluding steroid dienone is 1. The topological polar surface area (TPSA) is 38.3 Å². The molecule has 120 valence electrons. The maximum atomic E-state index is 12.1. The third-order valence-electron chi connectivity index (χ3n) is 3.51. The van der Waals surface area contributed by atoms with Gasteiger partial charge in [-0.05, 0) is 54.8 Å². The Hall–Kier alpha value is -2.55. The summed E-state index contributed by atoms with van der Waals surface area (Å²) >= 11 is 0. The molecule has 0 aromatic heterocycles. The van der Waals surface area contributed by atoms with Crippen LogP contribution in [-0.2, 0) is 0 Å². The minimum atomic E-state index is -0.0423. The lowest BCUT2D eigenvalue weighted by Gasteiger charge is -2.06. The average Bonchev–Trinajstić information content (AvgIpc) is 2.56. The Labute approximate surface area is 138 Å². The predicted molar refractivity (Wildman–Crippen MR) is 95.2 cm³/mol. The maximum absolute atomic E-state index is 12.1. The van der Waals surface area contributed by atoms with Crippen molar-refractivity contribution in [1.29, 1.82) is 0 Å². The van der Waals surface area contributed by atoms with Gasteiger partial charge in [0, 0.05) is 23.5 Å². The van der Waals surface area contributed by atoms with Gasteiger partial charge in [0.25, 0.3) is 0 Å². The Morgan fingerprint density at radius 1 is 1.09 bits per heavy atom. The Balaban J connectivity index is 1.92. The van der Waals surface area contributed by atoms with Crippen LogP contribution in [0.2, 0.25) is 0 Å². The second-order valence-corrected chi connectivity index (χ2v) is 5.58. The first-order chi connectivity index (χ1) is 11.1. The zero-order valence-electron chi connectivity index (χ0n) is 13.9. The molecule has 0 saturated carbocycles. The molecule has 0 spiro atoms. The van der Waals surface area contributed by atoms with Gasteiger partial charge in [-0.15, -0.1) is 0 Å². The Morgan fingerprint density at radius 2 is 1.74 bits per heavy atom. The number of ketones is 1. The summed E-state index contributed by atoms with van der Waals surface area (Å²) in [6.07, 6.45) is 3.20. The number of carbonyl (C=O) groups is 1. The van der Waals surface area contributed by atoms with Gasteiger partial charge in [-0.25, -0.2) is 0 Å². The van der Waals surface area contributed by atoms with E-state index < -0.39 is 0 Å². The number of rotatable bonds is 7. The largest absolute Gasteiger partial charge is 0.494 e. The summed E-state index contributed by atoms with van der Waals surface area (Å²) in [7, 11) is 0. The molecule has 3 nitrogen and oxygen atoms in total. The fraction of sp³-hybridized carbons (Fsp3) is 0.250. The highest BCUT2D eigenvalue weighted by Gasteiger charge is 2.02. The first kappa shape index (κ1) is 16.8. The van der Waals surface area contributed by atoms with Crippen molar-refractivity contribution in [1.82, 2.24) is 0 Å². The summed E-state index contributed by atoms with van der Waals surface area (Å²) in [4.78, 5) is 12.1. The zero-order chi connectivity index (χ0) is 16.7. The lowest BCUT2D eigenvalue weighted by molar-refractivity contribution is 0.104. The molecule has 0 amide bonds. The number of ether oxygens (including phenoxy) is 1. The van der Waals surface area contributed by atoms with Crippen molar-refractivity contribution in [2.75, 3.05) is 11.9 Å². The van der Waals surface area contributed by atoms with Crippen molar-refractivity contribution in [2.45, 2.75) is 26.7 Å². The molecule has 0 aliphatic rings. The molecular weight excluding hydrogens is 286 g/mol. The highest BCUT2D eigenvalue weighted by Crippen LogP contribution is 2.17. The van der Waals surface area contributed by atoms with Crippen molar-refractivity contribution >= 4 is 11.5 Å². The van der Waals surface area contributed by atoms with Crippen LogP contribution in [0.3, 0.4) is 0 Å². The van der Waals surface area contributed by atoms with Crippen LogP contribution in [0.4, 0.5) is 5.69 Å². The fourth-order valence-corrected chi connectivity index (χ4v) is 2.16. The SMILES string of the molecule is CCOc1ccc(C(=O)C=CNc2ccc(C(C)C)cc2)cc1. The van der Waals surface area contributed by atoms with Crippen LogP contribution in [0.25, 0.3) is 0 Å². The Morgan fingerprint density at radius 3 is 2.30 bits per heavy atom. The van der Waals surface area contributed by atoms with E-state index in [9.17, 15) is 4.79 Å². The van der Waals surface area contributed by atoms with Crippen LogP contribution in [0, 0.1) is 0 Å². The minimum absolute atomic E-state index is 0.0423. The molecule has 2 aromatic carbocycles. The van der Waals surface area contributed by atoms with Crippen LogP contribution in [0.5, 0.6) is 5.75 Å². The summed E-state index contributed by atoms with van der Waals surface area (Å²) in [6, 6.07) is 15.4. The first-order valence-electron chi connectivity index (χ1n) is 7.90. The van der Waals surface area contributed by atoms with Gasteiger partial charge in [0.05, 0.1) is 6.61 Å². The normalized spacial score (nSPS) is 11.0. The Bertz CT molecular complexity index is 655. The number of nitrogens with one attached hydrogen (secondary N) is 1. The van der Waals surface area contributed by atoms with E-state index >= 15 is 0 Å². The van der Waals surface area contributed by atoms with Crippen LogP contribution >= 0.6 is 0 Å². The monoisotopic (exact) mass is 309 g/mol. The van der Waals surface area contributed by atoms with Crippen LogP contribution in [0.15, 0.2) is 60.8 Å². The van der Waals surface area contributed by atoms with E-state index in [1.807, 2.05) is 31.2 Å². The number of carbonyl (C=O) groups excluding carboxylic acids is 1. The fourth-order valence-electron chi connectivity index (χ4n) is 2.16. The molecule has 0 bridgehead atoms. The van der Waals surface area contributed by atoms with Gasteiger partial charge < -0.3 is 10.1 Å². The molecule has 2 rings (SSSR count). The van der Waals surface area contributed by atoms with Crippen molar-refractivity contribution in [3.05, 3.63) is 71.9 Å². The molecule has 2 aromatic rings. The van der Waals surface area contributed by atoms with Gasteiger partial charge in [-0.3, -0.25) is 4.79 Å². The summed E-state index contributed by atoms with van der Waals surface area (Å²) in [6.45, 7) is 6.88. The third kappa shape index (κ3) is 4.99. The molecule has 0 atom stereocenters. The lowest BCUT2D eigenvalue weighted by Crippen LogP contribution is -1.97. The summed E-state index contributed by atoms with van der Waals surface area (Å²) < 4.78 is 5.36. The van der Waals surface area contributed by atoms with Crippen molar-refractivity contribution in [2.24, 2.45) is 0 Å². The highest BCUT2D eigenvalue weighted by molar-refractivity contribution is 6.04. The predicted octanol–water partition coefficient (Wildman–Crippen LogP) is 5.02. The van der Waals surface area contributed by atoms with Gasteiger partial charge in [-0.2, -0.15) is 0 Å². The molecule has 3 heteroatoms. The quantitative estimate of drug-likeness (QED) is 0.576. The number of hydrogen-bond acceptors (Lipinski definition) is 3. The molecule has 0 heterocycles. The lowest BCUT2D eigenvalue weighted by atomic mass is 10.0. The molecule has 1 N–H and O–H groups in total.